The van der Waals surface area contributed by atoms with E-state index in [9.17, 15) is 14.7 Å². The van der Waals surface area contributed by atoms with Gasteiger partial charge in [-0.25, -0.2) is 9.78 Å². The molecule has 1 aliphatic heterocycles. The molecule has 1 aromatic rings. The van der Waals surface area contributed by atoms with E-state index in [0.29, 0.717) is 6.42 Å². The lowest BCUT2D eigenvalue weighted by Crippen LogP contribution is -2.51. The molecule has 0 bridgehead atoms. The number of hydrogen-bond acceptors (Lipinski definition) is 5. The van der Waals surface area contributed by atoms with Crippen LogP contribution in [0.2, 0.25) is 0 Å². The summed E-state index contributed by atoms with van der Waals surface area (Å²) in [6, 6.07) is 5.05. The molecule has 0 saturated carbocycles. The summed E-state index contributed by atoms with van der Waals surface area (Å²) in [5.74, 6) is -0.228. The Balaban J connectivity index is 1.76. The summed E-state index contributed by atoms with van der Waals surface area (Å²) in [5, 5.41) is 11.8. The SMILES string of the molecule is CCCC[C@H](NC(=O)CN1CCN(c2ccccn2)CC1)C(=O)O. The van der Waals surface area contributed by atoms with Crippen LogP contribution in [0.25, 0.3) is 0 Å². The standard InChI is InChI=1S/C17H26N4O3/c1-2-3-6-14(17(23)24)19-16(22)13-20-9-11-21(12-10-20)15-7-4-5-8-18-15/h4-5,7-8,14H,2-3,6,9-13H2,1H3,(H,19,22)(H,23,24)/t14-/m0/s1. The van der Waals surface area contributed by atoms with E-state index in [-0.39, 0.29) is 12.5 Å². The zero-order valence-corrected chi connectivity index (χ0v) is 14.1. The third-order valence-electron chi connectivity index (χ3n) is 4.19. The molecule has 1 atom stereocenters. The molecule has 1 fully saturated rings. The van der Waals surface area contributed by atoms with Crippen LogP contribution in [0.3, 0.4) is 0 Å². The monoisotopic (exact) mass is 334 g/mol. The average Bonchev–Trinajstić information content (AvgIpc) is 2.59. The van der Waals surface area contributed by atoms with Gasteiger partial charge in [0.2, 0.25) is 5.91 Å². The fourth-order valence-corrected chi connectivity index (χ4v) is 2.78. The van der Waals surface area contributed by atoms with E-state index in [2.05, 4.69) is 15.2 Å². The quantitative estimate of drug-likeness (QED) is 0.737. The summed E-state index contributed by atoms with van der Waals surface area (Å²) in [6.07, 6.45) is 3.96. The Morgan fingerprint density at radius 2 is 2.04 bits per heavy atom. The van der Waals surface area contributed by atoms with Crippen molar-refractivity contribution >= 4 is 17.7 Å². The first kappa shape index (κ1) is 18.2. The Kier molecular flexibility index (Phi) is 6.99. The molecule has 1 saturated heterocycles. The maximum Gasteiger partial charge on any atom is 0.326 e. The van der Waals surface area contributed by atoms with Gasteiger partial charge in [0.25, 0.3) is 0 Å². The van der Waals surface area contributed by atoms with E-state index < -0.39 is 12.0 Å². The van der Waals surface area contributed by atoms with E-state index in [0.717, 1.165) is 44.8 Å². The van der Waals surface area contributed by atoms with Crippen LogP contribution in [0.5, 0.6) is 0 Å². The van der Waals surface area contributed by atoms with Crippen LogP contribution < -0.4 is 10.2 Å². The fraction of sp³-hybridized carbons (Fsp3) is 0.588. The Morgan fingerprint density at radius 1 is 1.29 bits per heavy atom. The van der Waals surface area contributed by atoms with Gasteiger partial charge in [-0.05, 0) is 18.6 Å². The number of unbranched alkanes of at least 4 members (excludes halogenated alkanes) is 1. The molecule has 0 aromatic carbocycles. The van der Waals surface area contributed by atoms with Gasteiger partial charge in [-0.15, -0.1) is 0 Å². The van der Waals surface area contributed by atoms with Crippen LogP contribution in [0.15, 0.2) is 24.4 Å². The molecule has 2 N–H and O–H groups in total. The number of rotatable bonds is 8. The summed E-state index contributed by atoms with van der Waals surface area (Å²) in [7, 11) is 0. The summed E-state index contributed by atoms with van der Waals surface area (Å²) in [6.45, 7) is 5.38. The van der Waals surface area contributed by atoms with Crippen LogP contribution in [0.4, 0.5) is 5.82 Å². The highest BCUT2D eigenvalue weighted by molar-refractivity contribution is 5.84. The molecule has 1 aliphatic rings. The molecule has 0 radical (unpaired) electrons. The van der Waals surface area contributed by atoms with Crippen molar-refractivity contribution in [2.24, 2.45) is 0 Å². The minimum absolute atomic E-state index is 0.218. The molecule has 2 heterocycles. The predicted octanol–water partition coefficient (Wildman–Crippen LogP) is 0.963. The summed E-state index contributed by atoms with van der Waals surface area (Å²) >= 11 is 0. The number of aliphatic carboxylic acids is 1. The molecule has 0 unspecified atom stereocenters. The van der Waals surface area contributed by atoms with Crippen molar-refractivity contribution in [1.82, 2.24) is 15.2 Å². The second-order valence-electron chi connectivity index (χ2n) is 6.05. The van der Waals surface area contributed by atoms with Crippen molar-refractivity contribution in [3.8, 4) is 0 Å². The maximum absolute atomic E-state index is 12.1. The van der Waals surface area contributed by atoms with Gasteiger partial charge in [0.05, 0.1) is 6.54 Å². The van der Waals surface area contributed by atoms with E-state index in [1.54, 1.807) is 6.20 Å². The normalized spacial score (nSPS) is 16.6. The van der Waals surface area contributed by atoms with Crippen molar-refractivity contribution in [1.29, 1.82) is 0 Å². The molecule has 24 heavy (non-hydrogen) atoms. The van der Waals surface area contributed by atoms with E-state index >= 15 is 0 Å². The topological polar surface area (TPSA) is 85.8 Å². The van der Waals surface area contributed by atoms with Gasteiger partial charge in [0.1, 0.15) is 11.9 Å². The minimum Gasteiger partial charge on any atom is -0.480 e. The van der Waals surface area contributed by atoms with Crippen LogP contribution in [0.1, 0.15) is 26.2 Å². The lowest BCUT2D eigenvalue weighted by molar-refractivity contribution is -0.142. The number of amides is 1. The molecule has 1 aromatic heterocycles. The molecular formula is C17H26N4O3. The molecule has 0 spiro atoms. The number of pyridine rings is 1. The highest BCUT2D eigenvalue weighted by atomic mass is 16.4. The first-order valence-electron chi connectivity index (χ1n) is 8.50. The first-order valence-corrected chi connectivity index (χ1v) is 8.50. The summed E-state index contributed by atoms with van der Waals surface area (Å²) < 4.78 is 0. The Hall–Kier alpha value is -2.15. The maximum atomic E-state index is 12.1. The van der Waals surface area contributed by atoms with Crippen LogP contribution in [-0.2, 0) is 9.59 Å². The largest absolute Gasteiger partial charge is 0.480 e. The lowest BCUT2D eigenvalue weighted by atomic mass is 10.1. The number of nitrogens with one attached hydrogen (secondary N) is 1. The number of hydrogen-bond donors (Lipinski definition) is 2. The summed E-state index contributed by atoms with van der Waals surface area (Å²) in [5.41, 5.74) is 0. The smallest absolute Gasteiger partial charge is 0.326 e. The first-order chi connectivity index (χ1) is 11.6. The van der Waals surface area contributed by atoms with E-state index in [4.69, 9.17) is 0 Å². The molecule has 2 rings (SSSR count). The number of carbonyl (C=O) groups is 2. The van der Waals surface area contributed by atoms with Gasteiger partial charge in [-0.1, -0.05) is 25.8 Å². The summed E-state index contributed by atoms with van der Waals surface area (Å²) in [4.78, 5) is 31.9. The van der Waals surface area contributed by atoms with Crippen molar-refractivity contribution in [2.45, 2.75) is 32.2 Å². The highest BCUT2D eigenvalue weighted by Crippen LogP contribution is 2.12. The third-order valence-corrected chi connectivity index (χ3v) is 4.19. The number of anilines is 1. The van der Waals surface area contributed by atoms with Crippen LogP contribution in [-0.4, -0.2) is 65.6 Å². The average molecular weight is 334 g/mol. The van der Waals surface area contributed by atoms with Gasteiger partial charge < -0.3 is 15.3 Å². The number of nitrogens with zero attached hydrogens (tertiary/aromatic N) is 3. The fourth-order valence-electron chi connectivity index (χ4n) is 2.78. The molecule has 0 aliphatic carbocycles. The van der Waals surface area contributed by atoms with Crippen molar-refractivity contribution in [3.05, 3.63) is 24.4 Å². The molecule has 132 valence electrons. The zero-order chi connectivity index (χ0) is 17.4. The van der Waals surface area contributed by atoms with Crippen molar-refractivity contribution in [2.75, 3.05) is 37.6 Å². The predicted molar refractivity (Wildman–Crippen MR) is 92.0 cm³/mol. The number of aromatic nitrogens is 1. The second-order valence-corrected chi connectivity index (χ2v) is 6.05. The molecule has 1 amide bonds. The lowest BCUT2D eigenvalue weighted by Gasteiger charge is -2.35. The number of carboxylic acids is 1. The zero-order valence-electron chi connectivity index (χ0n) is 14.1. The number of carbonyl (C=O) groups excluding carboxylic acids is 1. The molecular weight excluding hydrogens is 308 g/mol. The van der Waals surface area contributed by atoms with Crippen LogP contribution >= 0.6 is 0 Å². The van der Waals surface area contributed by atoms with Gasteiger partial charge in [0, 0.05) is 32.4 Å². The van der Waals surface area contributed by atoms with Crippen molar-refractivity contribution in [3.63, 3.8) is 0 Å². The second kappa shape index (κ2) is 9.22. The van der Waals surface area contributed by atoms with Gasteiger partial charge in [0.15, 0.2) is 0 Å². The Morgan fingerprint density at radius 3 is 2.62 bits per heavy atom. The number of carboxylic acid groups (broad SMARTS) is 1. The van der Waals surface area contributed by atoms with Crippen molar-refractivity contribution < 1.29 is 14.7 Å². The Bertz CT molecular complexity index is 530. The van der Waals surface area contributed by atoms with E-state index in [1.165, 1.54) is 0 Å². The minimum atomic E-state index is -0.961. The van der Waals surface area contributed by atoms with Gasteiger partial charge >= 0.3 is 5.97 Å². The molecule has 7 heteroatoms. The Labute approximate surface area is 142 Å². The van der Waals surface area contributed by atoms with Gasteiger partial charge in [-0.2, -0.15) is 0 Å². The third kappa shape index (κ3) is 5.49. The van der Waals surface area contributed by atoms with Gasteiger partial charge in [-0.3, -0.25) is 9.69 Å². The van der Waals surface area contributed by atoms with Crippen LogP contribution in [0, 0.1) is 0 Å². The number of piperazine rings is 1. The van der Waals surface area contributed by atoms with E-state index in [1.807, 2.05) is 30.0 Å². The molecule has 7 nitrogen and oxygen atoms in total. The highest BCUT2D eigenvalue weighted by Gasteiger charge is 2.23.